The summed E-state index contributed by atoms with van der Waals surface area (Å²) in [6.07, 6.45) is 3.04. The zero-order valence-corrected chi connectivity index (χ0v) is 56.1. The van der Waals surface area contributed by atoms with Crippen LogP contribution in [0.4, 0.5) is 0 Å². The number of carbonyl (C=O) groups excluding carboxylic acids is 11. The lowest BCUT2D eigenvalue weighted by Gasteiger charge is -2.41. The van der Waals surface area contributed by atoms with E-state index in [1.54, 1.807) is 54.5 Å². The van der Waals surface area contributed by atoms with E-state index in [1.165, 1.54) is 87.7 Å². The van der Waals surface area contributed by atoms with E-state index in [-0.39, 0.29) is 55.8 Å². The second-order valence-corrected chi connectivity index (χ2v) is 26.1. The highest BCUT2D eigenvalue weighted by Crippen LogP contribution is 2.26. The maximum Gasteiger partial charge on any atom is 0.246 e. The zero-order chi connectivity index (χ0) is 66.0. The molecule has 1 heterocycles. The molecule has 85 heavy (non-hydrogen) atoms. The minimum Gasteiger partial charge on any atom is -0.390 e. The van der Waals surface area contributed by atoms with Crippen molar-refractivity contribution in [1.82, 2.24) is 55.6 Å². The molecule has 1 unspecified atom stereocenters. The second-order valence-electron chi connectivity index (χ2n) is 26.1. The number of amides is 11. The molecule has 0 radical (unpaired) electrons. The number of aliphatic hydroxyl groups excluding tert-OH is 1. The van der Waals surface area contributed by atoms with Gasteiger partial charge >= 0.3 is 0 Å². The Morgan fingerprint density at radius 3 is 1.32 bits per heavy atom. The third-order valence-electron chi connectivity index (χ3n) is 16.1. The third-order valence-corrected chi connectivity index (χ3v) is 16.1. The molecule has 0 aromatic heterocycles. The van der Waals surface area contributed by atoms with E-state index in [1.807, 2.05) is 61.5 Å². The Bertz CT molecular complexity index is 2330. The van der Waals surface area contributed by atoms with Crippen molar-refractivity contribution < 1.29 is 57.8 Å². The summed E-state index contributed by atoms with van der Waals surface area (Å²) in [5.41, 5.74) is 0. The van der Waals surface area contributed by atoms with Gasteiger partial charge in [0, 0.05) is 49.3 Å². The first kappa shape index (κ1) is 76.9. The minimum absolute atomic E-state index is 0.0229. The topological polar surface area (TPSA) is 279 Å². The third kappa shape index (κ3) is 21.7. The average molecular weight is 1200 g/mol. The fraction of sp³-hybridized carbons (Fsp3) is 0.790. The molecule has 1 saturated heterocycles. The molecular formula is C62H111N11O12. The molecule has 486 valence electrons. The van der Waals surface area contributed by atoms with Crippen molar-refractivity contribution in [2.24, 2.45) is 41.4 Å². The van der Waals surface area contributed by atoms with Crippen LogP contribution in [0.3, 0.4) is 0 Å². The highest BCUT2D eigenvalue weighted by Gasteiger charge is 2.45. The monoisotopic (exact) mass is 1200 g/mol. The van der Waals surface area contributed by atoms with Crippen LogP contribution >= 0.6 is 0 Å². The molecule has 0 aromatic rings. The molecule has 0 spiro atoms. The van der Waals surface area contributed by atoms with Gasteiger partial charge in [0.25, 0.3) is 0 Å². The fourth-order valence-corrected chi connectivity index (χ4v) is 10.7. The quantitative estimate of drug-likeness (QED) is 0.148. The highest BCUT2D eigenvalue weighted by atomic mass is 16.3. The molecule has 0 bridgehead atoms. The number of carbonyl (C=O) groups is 11. The first-order valence-corrected chi connectivity index (χ1v) is 30.6. The molecule has 0 saturated carbocycles. The Labute approximate surface area is 508 Å². The summed E-state index contributed by atoms with van der Waals surface area (Å²) in [6.45, 7) is 29.3. The number of hydrogen-bond acceptors (Lipinski definition) is 12. The molecule has 1 rings (SSSR count). The van der Waals surface area contributed by atoms with Gasteiger partial charge in [-0.25, -0.2) is 0 Å². The van der Waals surface area contributed by atoms with Gasteiger partial charge in [-0.05, 0) is 101 Å². The van der Waals surface area contributed by atoms with E-state index >= 15 is 9.59 Å². The molecule has 23 nitrogen and oxygen atoms in total. The smallest absolute Gasteiger partial charge is 0.246 e. The molecule has 11 amide bonds. The molecule has 0 aliphatic carbocycles. The van der Waals surface area contributed by atoms with Gasteiger partial charge in [-0.1, -0.05) is 109 Å². The summed E-state index contributed by atoms with van der Waals surface area (Å²) in [4.78, 5) is 169. The lowest BCUT2D eigenvalue weighted by Crippen LogP contribution is -2.63. The first-order chi connectivity index (χ1) is 39.2. The summed E-state index contributed by atoms with van der Waals surface area (Å²) < 4.78 is 0. The van der Waals surface area contributed by atoms with Gasteiger partial charge in [-0.2, -0.15) is 0 Å². The van der Waals surface area contributed by atoms with E-state index < -0.39 is 156 Å². The van der Waals surface area contributed by atoms with Crippen molar-refractivity contribution in [3.8, 4) is 0 Å². The Morgan fingerprint density at radius 1 is 0.459 bits per heavy atom. The van der Waals surface area contributed by atoms with Crippen LogP contribution in [0.15, 0.2) is 12.2 Å². The lowest BCUT2D eigenvalue weighted by molar-refractivity contribution is -0.157. The number of allylic oxidation sites excluding steroid dienone is 2. The fourth-order valence-electron chi connectivity index (χ4n) is 10.7. The van der Waals surface area contributed by atoms with Crippen LogP contribution in [-0.2, 0) is 52.7 Å². The summed E-state index contributed by atoms with van der Waals surface area (Å²) in [5, 5.41) is 23.1. The molecule has 0 aromatic carbocycles. The van der Waals surface area contributed by atoms with Crippen molar-refractivity contribution in [2.45, 2.75) is 223 Å². The SMILES string of the molecule is C/C=C/C[C@@H](C)C(O)[C@H]1C(=O)N[C@@H](CC)C(=O)N(C)CC(=O)N(C)[C@@H](CC(C)C)C(=O)N[C@@H](C(C)C)C(=O)N(C)[C@@H](CC(C)C)C(=O)N[C@@H](C)C(=O)N[C@H](C)C(=O)N(C)[C@@H](CC(C)C)C(=O)N(C)[C@@H](CC(C)C)C(=O)N(C)[C@@H](C(C)C)C(=O)N1C. The largest absolute Gasteiger partial charge is 0.390 e. The highest BCUT2D eigenvalue weighted by molar-refractivity contribution is 5.99. The number of nitrogens with zero attached hydrogens (tertiary/aromatic N) is 7. The Morgan fingerprint density at radius 2 is 0.871 bits per heavy atom. The number of aliphatic hydroxyl groups is 1. The molecule has 1 aliphatic rings. The predicted octanol–water partition coefficient (Wildman–Crippen LogP) is 3.27. The standard InChI is InChI=1S/C62H111N11O12/c1-25-27-28-40(15)52(75)51-56(79)65-43(26-2)58(81)67(18)33-48(74)68(19)44(29-34(3)4)55(78)66-49(38(11)12)61(84)69(20)45(30-35(5)6)54(77)63-41(16)53(76)64-42(17)57(80)70(21)46(31-36(7)8)59(82)71(22)47(32-37(9)10)60(83)72(23)50(39(13)14)62(85)73(51)24/h25,27,34-47,49-52,75H,26,28-33H2,1-24H3,(H,63,77)(H,64,76)(H,65,79)(H,66,78)/b27-25+/t40-,41+,42-,43+,44+,45+,46+,47+,49+,50+,51+,52?/m1/s1. The van der Waals surface area contributed by atoms with Gasteiger partial charge in [0.15, 0.2) is 0 Å². The van der Waals surface area contributed by atoms with Gasteiger partial charge in [0.05, 0.1) is 12.6 Å². The van der Waals surface area contributed by atoms with Crippen LogP contribution in [0, 0.1) is 41.4 Å². The van der Waals surface area contributed by atoms with Crippen molar-refractivity contribution in [3.63, 3.8) is 0 Å². The van der Waals surface area contributed by atoms with Gasteiger partial charge in [0.1, 0.15) is 60.4 Å². The number of nitrogens with one attached hydrogen (secondary N) is 4. The van der Waals surface area contributed by atoms with Crippen LogP contribution in [0.1, 0.15) is 156 Å². The van der Waals surface area contributed by atoms with Gasteiger partial charge < -0.3 is 60.7 Å². The van der Waals surface area contributed by atoms with E-state index in [4.69, 9.17) is 0 Å². The van der Waals surface area contributed by atoms with Crippen molar-refractivity contribution in [1.29, 1.82) is 0 Å². The summed E-state index contributed by atoms with van der Waals surface area (Å²) in [6, 6.07) is -12.3. The molecule has 23 heteroatoms. The Balaban J connectivity index is 4.32. The Kier molecular flexibility index (Phi) is 31.5. The van der Waals surface area contributed by atoms with Crippen LogP contribution in [0.25, 0.3) is 0 Å². The van der Waals surface area contributed by atoms with Crippen LogP contribution in [0.2, 0.25) is 0 Å². The number of hydrogen-bond donors (Lipinski definition) is 5. The molecule has 12 atom stereocenters. The summed E-state index contributed by atoms with van der Waals surface area (Å²) in [5.74, 6) is -9.71. The van der Waals surface area contributed by atoms with E-state index in [2.05, 4.69) is 21.3 Å². The maximum atomic E-state index is 15.1. The van der Waals surface area contributed by atoms with E-state index in [9.17, 15) is 48.3 Å². The van der Waals surface area contributed by atoms with Crippen LogP contribution in [-0.4, -0.2) is 227 Å². The lowest BCUT2D eigenvalue weighted by atomic mass is 9.91. The van der Waals surface area contributed by atoms with Crippen LogP contribution < -0.4 is 21.3 Å². The van der Waals surface area contributed by atoms with Crippen molar-refractivity contribution in [2.75, 3.05) is 55.9 Å². The summed E-state index contributed by atoms with van der Waals surface area (Å²) in [7, 11) is 9.92. The van der Waals surface area contributed by atoms with Gasteiger partial charge in [0.2, 0.25) is 65.0 Å². The summed E-state index contributed by atoms with van der Waals surface area (Å²) >= 11 is 0. The average Bonchev–Trinajstić information content (AvgIpc) is 3.62. The van der Waals surface area contributed by atoms with Gasteiger partial charge in [-0.3, -0.25) is 52.7 Å². The molecule has 1 fully saturated rings. The maximum absolute atomic E-state index is 15.1. The molecule has 1 aliphatic heterocycles. The van der Waals surface area contributed by atoms with E-state index in [0.717, 1.165) is 9.80 Å². The van der Waals surface area contributed by atoms with Crippen molar-refractivity contribution in [3.05, 3.63) is 12.2 Å². The first-order valence-electron chi connectivity index (χ1n) is 30.6. The van der Waals surface area contributed by atoms with Gasteiger partial charge in [-0.15, -0.1) is 0 Å². The van der Waals surface area contributed by atoms with Crippen LogP contribution in [0.5, 0.6) is 0 Å². The Hall–Kier alpha value is -6.13. The second kappa shape index (κ2) is 34.9. The normalized spacial score (nSPS) is 26.9. The minimum atomic E-state index is -1.61. The van der Waals surface area contributed by atoms with E-state index in [0.29, 0.717) is 6.42 Å². The predicted molar refractivity (Wildman–Crippen MR) is 328 cm³/mol. The number of likely N-dealkylation sites (N-methyl/N-ethyl adjacent to an activating group) is 7. The molecular weight excluding hydrogens is 1090 g/mol. The number of rotatable bonds is 15. The van der Waals surface area contributed by atoms with Crippen molar-refractivity contribution >= 4 is 65.0 Å². The molecule has 5 N–H and O–H groups in total. The zero-order valence-electron chi connectivity index (χ0n) is 56.1.